The molecule has 3 aliphatic rings. The van der Waals surface area contributed by atoms with E-state index in [0.717, 1.165) is 49.9 Å². The first-order valence-corrected chi connectivity index (χ1v) is 10.3. The average molecular weight is 377 g/mol. The zero-order chi connectivity index (χ0) is 19.4. The summed E-state index contributed by atoms with van der Waals surface area (Å²) in [6.07, 6.45) is 5.57. The highest BCUT2D eigenvalue weighted by atomic mass is 16.5. The van der Waals surface area contributed by atoms with E-state index in [0.29, 0.717) is 19.0 Å². The maximum Gasteiger partial charge on any atom is 0.213 e. The van der Waals surface area contributed by atoms with E-state index >= 15 is 0 Å². The van der Waals surface area contributed by atoms with Crippen molar-refractivity contribution in [3.05, 3.63) is 59.3 Å². The van der Waals surface area contributed by atoms with Gasteiger partial charge in [-0.2, -0.15) is 0 Å². The fourth-order valence-electron chi connectivity index (χ4n) is 4.19. The first-order chi connectivity index (χ1) is 13.7. The second-order valence-electron chi connectivity index (χ2n) is 7.92. The molecular weight excluding hydrogens is 348 g/mol. The smallest absolute Gasteiger partial charge is 0.213 e. The van der Waals surface area contributed by atoms with Gasteiger partial charge < -0.3 is 9.84 Å². The second-order valence-corrected chi connectivity index (χ2v) is 7.92. The Balaban J connectivity index is 1.62. The van der Waals surface area contributed by atoms with Crippen molar-refractivity contribution in [3.8, 4) is 17.7 Å². The summed E-state index contributed by atoms with van der Waals surface area (Å²) in [5.41, 5.74) is 2.28. The molecule has 1 N–H and O–H groups in total. The van der Waals surface area contributed by atoms with Crippen LogP contribution >= 0.6 is 0 Å². The Labute approximate surface area is 167 Å². The first kappa shape index (κ1) is 19.0. The molecular formula is C24H28N2O2. The molecule has 0 saturated carbocycles. The lowest BCUT2D eigenvalue weighted by Crippen LogP contribution is -2.58. The van der Waals surface area contributed by atoms with Crippen LogP contribution in [0.25, 0.3) is 0 Å². The van der Waals surface area contributed by atoms with Gasteiger partial charge >= 0.3 is 0 Å². The number of aliphatic hydroxyl groups is 1. The van der Waals surface area contributed by atoms with Gasteiger partial charge in [0.1, 0.15) is 5.60 Å². The van der Waals surface area contributed by atoms with Crippen LogP contribution in [0.4, 0.5) is 0 Å². The summed E-state index contributed by atoms with van der Waals surface area (Å²) >= 11 is 0. The molecule has 3 fully saturated rings. The molecule has 2 aromatic rings. The van der Waals surface area contributed by atoms with Gasteiger partial charge in [-0.05, 0) is 49.9 Å². The molecule has 1 aromatic carbocycles. The standard InChI is InChI=1S/C24H28N2O2/c1-2-14-28-23-16-21(15-19-6-4-3-5-7-19)20(17-25-23)8-11-24(27)18-26-12-9-22(24)10-13-26/h3-7,16-17,22,27H,2,9-10,12-15,18H2,1H3. The zero-order valence-corrected chi connectivity index (χ0v) is 16.5. The van der Waals surface area contributed by atoms with Crippen molar-refractivity contribution < 1.29 is 9.84 Å². The van der Waals surface area contributed by atoms with E-state index < -0.39 is 5.60 Å². The van der Waals surface area contributed by atoms with Gasteiger partial charge in [-0.15, -0.1) is 0 Å². The number of piperidine rings is 3. The lowest BCUT2D eigenvalue weighted by atomic mass is 9.75. The molecule has 28 heavy (non-hydrogen) atoms. The van der Waals surface area contributed by atoms with Crippen molar-refractivity contribution in [2.75, 3.05) is 26.2 Å². The van der Waals surface area contributed by atoms with Gasteiger partial charge in [-0.25, -0.2) is 4.98 Å². The summed E-state index contributed by atoms with van der Waals surface area (Å²) in [5.74, 6) is 7.40. The van der Waals surface area contributed by atoms with Crippen LogP contribution in [0.3, 0.4) is 0 Å². The number of hydrogen-bond acceptors (Lipinski definition) is 4. The zero-order valence-electron chi connectivity index (χ0n) is 16.5. The summed E-state index contributed by atoms with van der Waals surface area (Å²) in [6, 6.07) is 12.3. The molecule has 0 aliphatic carbocycles. The Kier molecular flexibility index (Phi) is 5.66. The highest BCUT2D eigenvalue weighted by Crippen LogP contribution is 2.35. The van der Waals surface area contributed by atoms with Crippen LogP contribution in [-0.4, -0.2) is 46.8 Å². The average Bonchev–Trinajstić information content (AvgIpc) is 2.73. The fraction of sp³-hybridized carbons (Fsp3) is 0.458. The molecule has 146 valence electrons. The minimum atomic E-state index is -0.905. The lowest BCUT2D eigenvalue weighted by molar-refractivity contribution is -0.0713. The van der Waals surface area contributed by atoms with E-state index in [9.17, 15) is 5.11 Å². The summed E-state index contributed by atoms with van der Waals surface area (Å²) in [7, 11) is 0. The Hall–Kier alpha value is -2.35. The number of pyridine rings is 1. The quantitative estimate of drug-likeness (QED) is 0.814. The predicted molar refractivity (Wildman–Crippen MR) is 110 cm³/mol. The van der Waals surface area contributed by atoms with Crippen molar-refractivity contribution in [3.63, 3.8) is 0 Å². The Bertz CT molecular complexity index is 863. The van der Waals surface area contributed by atoms with Crippen LogP contribution in [-0.2, 0) is 6.42 Å². The summed E-state index contributed by atoms with van der Waals surface area (Å²) in [6.45, 7) is 5.56. The SMILES string of the molecule is CCCOc1cc(Cc2ccccc2)c(C#CC2(O)CN3CCC2CC3)cn1. The maximum atomic E-state index is 11.1. The van der Waals surface area contributed by atoms with E-state index in [1.165, 1.54) is 5.56 Å². The number of ether oxygens (including phenoxy) is 1. The fourth-order valence-corrected chi connectivity index (χ4v) is 4.19. The topological polar surface area (TPSA) is 45.6 Å². The first-order valence-electron chi connectivity index (χ1n) is 10.3. The van der Waals surface area contributed by atoms with Crippen LogP contribution in [0.2, 0.25) is 0 Å². The lowest BCUT2D eigenvalue weighted by Gasteiger charge is -2.47. The molecule has 0 radical (unpaired) electrons. The molecule has 1 aromatic heterocycles. The molecule has 1 unspecified atom stereocenters. The largest absolute Gasteiger partial charge is 0.478 e. The van der Waals surface area contributed by atoms with Crippen LogP contribution < -0.4 is 4.74 Å². The van der Waals surface area contributed by atoms with Crippen LogP contribution in [0.5, 0.6) is 5.88 Å². The minimum absolute atomic E-state index is 0.280. The van der Waals surface area contributed by atoms with Crippen molar-refractivity contribution in [1.29, 1.82) is 0 Å². The maximum absolute atomic E-state index is 11.1. The number of hydrogen-bond donors (Lipinski definition) is 1. The van der Waals surface area contributed by atoms with Gasteiger partial charge in [0, 0.05) is 30.3 Å². The molecule has 3 aliphatic heterocycles. The molecule has 2 bridgehead atoms. The van der Waals surface area contributed by atoms with E-state index in [1.54, 1.807) is 6.20 Å². The number of benzene rings is 1. The molecule has 0 amide bonds. The van der Waals surface area contributed by atoms with E-state index in [1.807, 2.05) is 24.3 Å². The third-order valence-electron chi connectivity index (χ3n) is 5.80. The normalized spacial score (nSPS) is 25.8. The Morgan fingerprint density at radius 3 is 2.71 bits per heavy atom. The number of nitrogens with zero attached hydrogens (tertiary/aromatic N) is 2. The highest BCUT2D eigenvalue weighted by Gasteiger charge is 2.44. The number of aromatic nitrogens is 1. The van der Waals surface area contributed by atoms with E-state index in [2.05, 4.69) is 40.8 Å². The third-order valence-corrected chi connectivity index (χ3v) is 5.80. The van der Waals surface area contributed by atoms with Crippen molar-refractivity contribution in [2.24, 2.45) is 5.92 Å². The van der Waals surface area contributed by atoms with Crippen molar-refractivity contribution in [1.82, 2.24) is 9.88 Å². The molecule has 4 nitrogen and oxygen atoms in total. The Morgan fingerprint density at radius 1 is 1.25 bits per heavy atom. The third kappa shape index (κ3) is 4.22. The molecule has 1 atom stereocenters. The van der Waals surface area contributed by atoms with Gasteiger partial charge in [0.15, 0.2) is 0 Å². The Morgan fingerprint density at radius 2 is 2.04 bits per heavy atom. The second kappa shape index (κ2) is 8.34. The van der Waals surface area contributed by atoms with E-state index in [4.69, 9.17) is 4.74 Å². The number of fused-ring (bicyclic) bond motifs is 3. The van der Waals surface area contributed by atoms with Crippen molar-refractivity contribution in [2.45, 2.75) is 38.2 Å². The van der Waals surface area contributed by atoms with Gasteiger partial charge in [-0.1, -0.05) is 49.1 Å². The predicted octanol–water partition coefficient (Wildman–Crippen LogP) is 3.27. The van der Waals surface area contributed by atoms with Crippen molar-refractivity contribution >= 4 is 0 Å². The van der Waals surface area contributed by atoms with Crippen LogP contribution in [0.1, 0.15) is 42.9 Å². The van der Waals surface area contributed by atoms with Gasteiger partial charge in [0.2, 0.25) is 5.88 Å². The summed E-state index contributed by atoms with van der Waals surface area (Å²) in [5, 5.41) is 11.1. The molecule has 0 spiro atoms. The monoisotopic (exact) mass is 376 g/mol. The van der Waals surface area contributed by atoms with Gasteiger partial charge in [0.05, 0.1) is 6.61 Å². The van der Waals surface area contributed by atoms with Gasteiger partial charge in [-0.3, -0.25) is 4.90 Å². The summed E-state index contributed by atoms with van der Waals surface area (Å²) < 4.78 is 5.73. The number of rotatable bonds is 5. The highest BCUT2D eigenvalue weighted by molar-refractivity contribution is 5.45. The summed E-state index contributed by atoms with van der Waals surface area (Å²) in [4.78, 5) is 6.76. The molecule has 5 rings (SSSR count). The van der Waals surface area contributed by atoms with Gasteiger partial charge in [0.25, 0.3) is 0 Å². The molecule has 3 saturated heterocycles. The van der Waals surface area contributed by atoms with Crippen LogP contribution in [0.15, 0.2) is 42.6 Å². The van der Waals surface area contributed by atoms with E-state index in [-0.39, 0.29) is 5.92 Å². The molecule has 4 heteroatoms. The molecule has 4 heterocycles. The minimum Gasteiger partial charge on any atom is -0.478 e. The van der Waals surface area contributed by atoms with Crippen LogP contribution in [0, 0.1) is 17.8 Å².